The van der Waals surface area contributed by atoms with Crippen molar-refractivity contribution in [3.63, 3.8) is 0 Å². The van der Waals surface area contributed by atoms with Crippen molar-refractivity contribution in [1.29, 1.82) is 0 Å². The van der Waals surface area contributed by atoms with Crippen molar-refractivity contribution < 1.29 is 9.59 Å². The van der Waals surface area contributed by atoms with Gasteiger partial charge in [0.05, 0.1) is 5.92 Å². The summed E-state index contributed by atoms with van der Waals surface area (Å²) < 4.78 is 0. The number of piperidine rings is 1. The zero-order valence-electron chi connectivity index (χ0n) is 16.8. The summed E-state index contributed by atoms with van der Waals surface area (Å²) in [6.45, 7) is 6.03. The lowest BCUT2D eigenvalue weighted by atomic mass is 9.95. The highest BCUT2D eigenvalue weighted by molar-refractivity contribution is 5.94. The van der Waals surface area contributed by atoms with Crippen molar-refractivity contribution in [2.45, 2.75) is 19.8 Å². The molecule has 3 heterocycles. The molecule has 2 saturated heterocycles. The minimum atomic E-state index is -0.113. The monoisotopic (exact) mass is 393 g/mol. The Kier molecular flexibility index (Phi) is 5.74. The second kappa shape index (κ2) is 8.59. The molecule has 0 N–H and O–H groups in total. The largest absolute Gasteiger partial charge is 0.339 e. The predicted octanol–water partition coefficient (Wildman–Crippen LogP) is 1.99. The highest BCUT2D eigenvalue weighted by atomic mass is 16.2. The van der Waals surface area contributed by atoms with E-state index in [2.05, 4.69) is 14.9 Å². The van der Waals surface area contributed by atoms with E-state index in [1.54, 1.807) is 18.5 Å². The molecular formula is C22H27N5O2. The van der Waals surface area contributed by atoms with Gasteiger partial charge in [-0.1, -0.05) is 17.7 Å². The number of aryl methyl sites for hydroxylation is 1. The van der Waals surface area contributed by atoms with Crippen LogP contribution in [0.4, 0.5) is 5.95 Å². The van der Waals surface area contributed by atoms with Crippen LogP contribution >= 0.6 is 0 Å². The topological polar surface area (TPSA) is 69.6 Å². The number of piperazine rings is 1. The van der Waals surface area contributed by atoms with Gasteiger partial charge >= 0.3 is 0 Å². The lowest BCUT2D eigenvalue weighted by molar-refractivity contribution is -0.137. The van der Waals surface area contributed by atoms with E-state index in [1.807, 2.05) is 41.0 Å². The molecule has 0 radical (unpaired) electrons. The van der Waals surface area contributed by atoms with E-state index in [0.717, 1.165) is 38.0 Å². The number of nitrogens with zero attached hydrogens (tertiary/aromatic N) is 5. The van der Waals surface area contributed by atoms with E-state index in [-0.39, 0.29) is 17.7 Å². The van der Waals surface area contributed by atoms with E-state index in [9.17, 15) is 9.59 Å². The molecule has 0 saturated carbocycles. The molecular weight excluding hydrogens is 366 g/mol. The molecule has 7 heteroatoms. The number of rotatable bonds is 3. The Morgan fingerprint density at radius 3 is 2.31 bits per heavy atom. The van der Waals surface area contributed by atoms with Crippen LogP contribution < -0.4 is 4.90 Å². The van der Waals surface area contributed by atoms with Gasteiger partial charge in [-0.15, -0.1) is 0 Å². The molecule has 1 atom stereocenters. The van der Waals surface area contributed by atoms with Crippen LogP contribution in [0.3, 0.4) is 0 Å². The van der Waals surface area contributed by atoms with Crippen molar-refractivity contribution in [1.82, 2.24) is 19.8 Å². The van der Waals surface area contributed by atoms with Gasteiger partial charge in [0, 0.05) is 57.2 Å². The first-order chi connectivity index (χ1) is 14.1. The molecule has 2 amide bonds. The summed E-state index contributed by atoms with van der Waals surface area (Å²) >= 11 is 0. The number of hydrogen-bond acceptors (Lipinski definition) is 5. The molecule has 4 rings (SSSR count). The zero-order chi connectivity index (χ0) is 20.2. The van der Waals surface area contributed by atoms with Gasteiger partial charge in [0.2, 0.25) is 11.9 Å². The third-order valence-corrected chi connectivity index (χ3v) is 5.78. The van der Waals surface area contributed by atoms with Crippen LogP contribution in [0.1, 0.15) is 28.8 Å². The maximum absolute atomic E-state index is 13.1. The standard InChI is InChI=1S/C22H27N5O2/c1-17-5-7-18(8-6-17)20(28)27-11-2-4-19(16-27)21(29)25-12-14-26(15-13-25)22-23-9-3-10-24-22/h3,5-10,19H,2,4,11-16H2,1H3. The summed E-state index contributed by atoms with van der Waals surface area (Å²) in [5, 5.41) is 0. The fourth-order valence-electron chi connectivity index (χ4n) is 4.08. The number of aromatic nitrogens is 2. The average molecular weight is 393 g/mol. The van der Waals surface area contributed by atoms with Crippen LogP contribution in [0, 0.1) is 12.8 Å². The molecule has 29 heavy (non-hydrogen) atoms. The molecule has 0 spiro atoms. The number of anilines is 1. The van der Waals surface area contributed by atoms with E-state index in [4.69, 9.17) is 0 Å². The lowest BCUT2D eigenvalue weighted by Crippen LogP contribution is -2.53. The number of amides is 2. The van der Waals surface area contributed by atoms with Gasteiger partial charge < -0.3 is 14.7 Å². The van der Waals surface area contributed by atoms with Gasteiger partial charge in [-0.3, -0.25) is 9.59 Å². The van der Waals surface area contributed by atoms with Crippen molar-refractivity contribution in [3.05, 3.63) is 53.9 Å². The van der Waals surface area contributed by atoms with Crippen LogP contribution in [0.25, 0.3) is 0 Å². The molecule has 2 fully saturated rings. The molecule has 2 aliphatic rings. The Bertz CT molecular complexity index is 847. The van der Waals surface area contributed by atoms with Crippen molar-refractivity contribution in [2.75, 3.05) is 44.2 Å². The summed E-state index contributed by atoms with van der Waals surface area (Å²) in [6, 6.07) is 9.45. The van der Waals surface area contributed by atoms with Crippen LogP contribution in [-0.4, -0.2) is 70.9 Å². The predicted molar refractivity (Wildman–Crippen MR) is 111 cm³/mol. The quantitative estimate of drug-likeness (QED) is 0.798. The van der Waals surface area contributed by atoms with Crippen molar-refractivity contribution in [2.24, 2.45) is 5.92 Å². The van der Waals surface area contributed by atoms with Gasteiger partial charge in [-0.2, -0.15) is 0 Å². The summed E-state index contributed by atoms with van der Waals surface area (Å²) in [5.74, 6) is 0.790. The Balaban J connectivity index is 1.34. The average Bonchev–Trinajstić information content (AvgIpc) is 2.79. The second-order valence-electron chi connectivity index (χ2n) is 7.82. The Hall–Kier alpha value is -2.96. The number of likely N-dealkylation sites (tertiary alicyclic amines) is 1. The first kappa shape index (κ1) is 19.4. The molecule has 2 aliphatic heterocycles. The van der Waals surface area contributed by atoms with Crippen LogP contribution in [-0.2, 0) is 4.79 Å². The second-order valence-corrected chi connectivity index (χ2v) is 7.82. The van der Waals surface area contributed by atoms with Gasteiger partial charge in [0.15, 0.2) is 0 Å². The zero-order valence-corrected chi connectivity index (χ0v) is 16.8. The third kappa shape index (κ3) is 4.39. The van der Waals surface area contributed by atoms with Gasteiger partial charge in [-0.25, -0.2) is 9.97 Å². The highest BCUT2D eigenvalue weighted by Crippen LogP contribution is 2.22. The molecule has 152 valence electrons. The maximum atomic E-state index is 13.1. The Morgan fingerprint density at radius 1 is 0.931 bits per heavy atom. The Morgan fingerprint density at radius 2 is 1.62 bits per heavy atom. The highest BCUT2D eigenvalue weighted by Gasteiger charge is 2.33. The third-order valence-electron chi connectivity index (χ3n) is 5.78. The number of benzene rings is 1. The number of hydrogen-bond donors (Lipinski definition) is 0. The molecule has 2 aromatic rings. The SMILES string of the molecule is Cc1ccc(C(=O)N2CCCC(C(=O)N3CCN(c4ncccn4)CC3)C2)cc1. The molecule has 1 aromatic carbocycles. The number of carbonyl (C=O) groups is 2. The molecule has 0 bridgehead atoms. The number of carbonyl (C=O) groups excluding carboxylic acids is 2. The summed E-state index contributed by atoms with van der Waals surface area (Å²) in [4.78, 5) is 40.4. The summed E-state index contributed by atoms with van der Waals surface area (Å²) in [7, 11) is 0. The fraction of sp³-hybridized carbons (Fsp3) is 0.455. The van der Waals surface area contributed by atoms with Gasteiger partial charge in [0.1, 0.15) is 0 Å². The molecule has 0 aliphatic carbocycles. The molecule has 1 aromatic heterocycles. The van der Waals surface area contributed by atoms with Crippen molar-refractivity contribution >= 4 is 17.8 Å². The van der Waals surface area contributed by atoms with E-state index >= 15 is 0 Å². The van der Waals surface area contributed by atoms with Crippen LogP contribution in [0.15, 0.2) is 42.7 Å². The molecule has 1 unspecified atom stereocenters. The maximum Gasteiger partial charge on any atom is 0.253 e. The minimum Gasteiger partial charge on any atom is -0.339 e. The first-order valence-corrected chi connectivity index (χ1v) is 10.3. The van der Waals surface area contributed by atoms with E-state index in [1.165, 1.54) is 0 Å². The lowest BCUT2D eigenvalue weighted by Gasteiger charge is -2.39. The van der Waals surface area contributed by atoms with Crippen molar-refractivity contribution in [3.8, 4) is 0 Å². The van der Waals surface area contributed by atoms with E-state index in [0.29, 0.717) is 31.1 Å². The van der Waals surface area contributed by atoms with Crippen LogP contribution in [0.5, 0.6) is 0 Å². The normalized spacial score (nSPS) is 19.9. The molecule has 7 nitrogen and oxygen atoms in total. The fourth-order valence-corrected chi connectivity index (χ4v) is 4.08. The van der Waals surface area contributed by atoms with Crippen LogP contribution in [0.2, 0.25) is 0 Å². The van der Waals surface area contributed by atoms with Gasteiger partial charge in [0.25, 0.3) is 5.91 Å². The van der Waals surface area contributed by atoms with E-state index < -0.39 is 0 Å². The van der Waals surface area contributed by atoms with Gasteiger partial charge in [-0.05, 0) is 38.0 Å². The Labute approximate surface area is 171 Å². The smallest absolute Gasteiger partial charge is 0.253 e. The first-order valence-electron chi connectivity index (χ1n) is 10.3. The summed E-state index contributed by atoms with van der Waals surface area (Å²) in [5.41, 5.74) is 1.83. The minimum absolute atomic E-state index is 0.0218. The summed E-state index contributed by atoms with van der Waals surface area (Å²) in [6.07, 6.45) is 5.19.